The summed E-state index contributed by atoms with van der Waals surface area (Å²) in [6, 6.07) is 9.08. The molecule has 1 N–H and O–H groups in total. The van der Waals surface area contributed by atoms with Crippen molar-refractivity contribution in [2.24, 2.45) is 0 Å². The maximum Gasteiger partial charge on any atom is 0.416 e. The predicted octanol–water partition coefficient (Wildman–Crippen LogP) is 3.07. The van der Waals surface area contributed by atoms with Gasteiger partial charge in [-0.25, -0.2) is 8.42 Å². The van der Waals surface area contributed by atoms with Crippen LogP contribution in [0.15, 0.2) is 47.4 Å². The van der Waals surface area contributed by atoms with E-state index in [9.17, 15) is 26.4 Å². The van der Waals surface area contributed by atoms with Crippen LogP contribution in [0, 0.1) is 11.8 Å². The Balaban J connectivity index is 1.73. The Labute approximate surface area is 190 Å². The van der Waals surface area contributed by atoms with Gasteiger partial charge in [-0.1, -0.05) is 30.9 Å². The number of carbonyl (C=O) groups excluding carboxylic acids is 1. The third kappa shape index (κ3) is 6.13. The van der Waals surface area contributed by atoms with Crippen LogP contribution in [0.5, 0.6) is 0 Å². The lowest BCUT2D eigenvalue weighted by atomic mass is 10.1. The minimum atomic E-state index is -4.46. The molecule has 176 valence electrons. The molecule has 3 rings (SSSR count). The lowest BCUT2D eigenvalue weighted by Crippen LogP contribution is -2.41. The number of nitrogens with one attached hydrogen (secondary N) is 1. The average Bonchev–Trinajstić information content (AvgIpc) is 2.81. The molecule has 6 nitrogen and oxygen atoms in total. The van der Waals surface area contributed by atoms with Gasteiger partial charge in [0.1, 0.15) is 0 Å². The van der Waals surface area contributed by atoms with Crippen molar-refractivity contribution in [1.29, 1.82) is 0 Å². The zero-order valence-electron chi connectivity index (χ0n) is 17.9. The van der Waals surface area contributed by atoms with E-state index in [0.29, 0.717) is 25.2 Å². The molecule has 0 saturated carbocycles. The number of benzene rings is 2. The molecule has 0 aliphatic carbocycles. The van der Waals surface area contributed by atoms with Gasteiger partial charge in [0.15, 0.2) is 0 Å². The third-order valence-corrected chi connectivity index (χ3v) is 7.04. The number of amides is 1. The van der Waals surface area contributed by atoms with E-state index >= 15 is 0 Å². The highest BCUT2D eigenvalue weighted by Crippen LogP contribution is 2.29. The minimum absolute atomic E-state index is 0.0783. The number of hydrogen-bond acceptors (Lipinski definition) is 4. The number of alkyl halides is 3. The second-order valence-electron chi connectivity index (χ2n) is 7.26. The molecule has 1 saturated heterocycles. The van der Waals surface area contributed by atoms with Crippen molar-refractivity contribution in [2.75, 3.05) is 32.8 Å². The molecule has 1 aliphatic heterocycles. The largest absolute Gasteiger partial charge is 0.416 e. The highest BCUT2D eigenvalue weighted by atomic mass is 32.2. The molecule has 33 heavy (non-hydrogen) atoms. The van der Waals surface area contributed by atoms with E-state index in [0.717, 1.165) is 12.1 Å². The first-order chi connectivity index (χ1) is 15.6. The number of aryl methyl sites for hydroxylation is 1. The van der Waals surface area contributed by atoms with Gasteiger partial charge in [0, 0.05) is 24.2 Å². The summed E-state index contributed by atoms with van der Waals surface area (Å²) in [5, 5.41) is 2.55. The van der Waals surface area contributed by atoms with Crippen LogP contribution in [0.4, 0.5) is 13.2 Å². The van der Waals surface area contributed by atoms with E-state index in [-0.39, 0.29) is 35.7 Å². The van der Waals surface area contributed by atoms with E-state index in [2.05, 4.69) is 17.2 Å². The number of sulfonamides is 1. The lowest BCUT2D eigenvalue weighted by Gasteiger charge is -2.27. The number of carbonyl (C=O) groups is 1. The van der Waals surface area contributed by atoms with Crippen LogP contribution in [-0.2, 0) is 27.4 Å². The number of nitrogens with zero attached hydrogens (tertiary/aromatic N) is 1. The van der Waals surface area contributed by atoms with Crippen LogP contribution in [0.3, 0.4) is 0 Å². The molecular weight excluding hydrogens is 457 g/mol. The summed E-state index contributed by atoms with van der Waals surface area (Å²) < 4.78 is 71.1. The molecule has 2 aromatic rings. The maximum atomic E-state index is 13.1. The molecule has 1 aliphatic rings. The Morgan fingerprint density at radius 1 is 1.15 bits per heavy atom. The first-order valence-electron chi connectivity index (χ1n) is 10.3. The van der Waals surface area contributed by atoms with Crippen molar-refractivity contribution in [3.05, 3.63) is 64.7 Å². The minimum Gasteiger partial charge on any atom is -0.379 e. The molecule has 0 bridgehead atoms. The van der Waals surface area contributed by atoms with Gasteiger partial charge < -0.3 is 10.1 Å². The summed E-state index contributed by atoms with van der Waals surface area (Å²) in [4.78, 5) is 12.6. The fourth-order valence-electron chi connectivity index (χ4n) is 3.30. The Hall–Kier alpha value is -2.87. The molecule has 10 heteroatoms. The zero-order chi connectivity index (χ0) is 24.1. The number of ether oxygens (including phenoxy) is 1. The Morgan fingerprint density at radius 2 is 1.88 bits per heavy atom. The SMILES string of the molecule is CCc1ccc(C(=O)NCC#Cc2cccc(C(F)(F)F)c2)cc1S(=O)(=O)N1CCOCC1. The van der Waals surface area contributed by atoms with Crippen molar-refractivity contribution in [3.63, 3.8) is 0 Å². The smallest absolute Gasteiger partial charge is 0.379 e. The van der Waals surface area contributed by atoms with Crippen LogP contribution in [0.25, 0.3) is 0 Å². The summed E-state index contributed by atoms with van der Waals surface area (Å²) in [5.74, 6) is 4.66. The standard InChI is InChI=1S/C23H23F3N2O4S/c1-2-18-8-9-19(16-21(18)33(30,31)28-11-13-32-14-12-28)22(29)27-10-4-6-17-5-3-7-20(15-17)23(24,25)26/h3,5,7-9,15-16H,2,10-14H2,1H3,(H,27,29). The first-order valence-corrected chi connectivity index (χ1v) is 11.7. The summed E-state index contributed by atoms with van der Waals surface area (Å²) in [6.07, 6.45) is -3.99. The lowest BCUT2D eigenvalue weighted by molar-refractivity contribution is -0.137. The Bertz CT molecular complexity index is 1180. The van der Waals surface area contributed by atoms with Gasteiger partial charge in [-0.15, -0.1) is 0 Å². The van der Waals surface area contributed by atoms with Crippen molar-refractivity contribution in [2.45, 2.75) is 24.4 Å². The highest BCUT2D eigenvalue weighted by molar-refractivity contribution is 7.89. The molecule has 0 atom stereocenters. The zero-order valence-corrected chi connectivity index (χ0v) is 18.7. The van der Waals surface area contributed by atoms with Crippen LogP contribution < -0.4 is 5.32 Å². The summed E-state index contributed by atoms with van der Waals surface area (Å²) in [7, 11) is -3.78. The van der Waals surface area contributed by atoms with Gasteiger partial charge in [0.05, 0.1) is 30.2 Å². The topological polar surface area (TPSA) is 75.7 Å². The predicted molar refractivity (Wildman–Crippen MR) is 116 cm³/mol. The number of halogens is 3. The monoisotopic (exact) mass is 480 g/mol. The van der Waals surface area contributed by atoms with Gasteiger partial charge in [0.2, 0.25) is 10.0 Å². The van der Waals surface area contributed by atoms with Crippen molar-refractivity contribution < 1.29 is 31.1 Å². The van der Waals surface area contributed by atoms with Gasteiger partial charge in [-0.05, 0) is 42.3 Å². The van der Waals surface area contributed by atoms with Gasteiger partial charge >= 0.3 is 6.18 Å². The maximum absolute atomic E-state index is 13.1. The fraction of sp³-hybridized carbons (Fsp3) is 0.348. The molecule has 1 heterocycles. The molecule has 1 fully saturated rings. The van der Waals surface area contributed by atoms with E-state index < -0.39 is 27.7 Å². The molecule has 0 radical (unpaired) electrons. The number of morpholine rings is 1. The van der Waals surface area contributed by atoms with E-state index in [1.807, 2.05) is 6.92 Å². The Kier molecular flexibility index (Phi) is 7.79. The Morgan fingerprint density at radius 3 is 2.55 bits per heavy atom. The summed E-state index contributed by atoms with van der Waals surface area (Å²) in [5.41, 5.74) is 0.121. The van der Waals surface area contributed by atoms with Crippen LogP contribution >= 0.6 is 0 Å². The second kappa shape index (κ2) is 10.4. The van der Waals surface area contributed by atoms with E-state index in [1.54, 1.807) is 6.07 Å². The van der Waals surface area contributed by atoms with E-state index in [4.69, 9.17) is 4.74 Å². The van der Waals surface area contributed by atoms with Gasteiger partial charge in [-0.2, -0.15) is 17.5 Å². The summed E-state index contributed by atoms with van der Waals surface area (Å²) >= 11 is 0. The number of hydrogen-bond donors (Lipinski definition) is 1. The molecule has 0 aromatic heterocycles. The van der Waals surface area contributed by atoms with Crippen LogP contribution in [0.2, 0.25) is 0 Å². The fourth-order valence-corrected chi connectivity index (χ4v) is 5.03. The van der Waals surface area contributed by atoms with Crippen LogP contribution in [-0.4, -0.2) is 51.5 Å². The van der Waals surface area contributed by atoms with Gasteiger partial charge in [0.25, 0.3) is 5.91 Å². The molecule has 0 spiro atoms. The quantitative estimate of drug-likeness (QED) is 0.668. The van der Waals surface area contributed by atoms with Crippen molar-refractivity contribution >= 4 is 15.9 Å². The number of rotatable bonds is 5. The average molecular weight is 481 g/mol. The second-order valence-corrected chi connectivity index (χ2v) is 9.16. The third-order valence-electron chi connectivity index (χ3n) is 5.06. The van der Waals surface area contributed by atoms with Crippen molar-refractivity contribution in [3.8, 4) is 11.8 Å². The molecule has 0 unspecified atom stereocenters. The summed E-state index contributed by atoms with van der Waals surface area (Å²) in [6.45, 7) is 2.82. The molecular formula is C23H23F3N2O4S. The van der Waals surface area contributed by atoms with E-state index in [1.165, 1.54) is 28.6 Å². The van der Waals surface area contributed by atoms with Gasteiger partial charge in [-0.3, -0.25) is 4.79 Å². The normalized spacial score (nSPS) is 14.9. The van der Waals surface area contributed by atoms with Crippen LogP contribution in [0.1, 0.15) is 34.0 Å². The first kappa shape index (κ1) is 24.8. The molecule has 2 aromatic carbocycles. The highest BCUT2D eigenvalue weighted by Gasteiger charge is 2.30. The molecule has 1 amide bonds. The van der Waals surface area contributed by atoms with Crippen molar-refractivity contribution in [1.82, 2.24) is 9.62 Å².